The Balaban J connectivity index is 2.75. The minimum atomic E-state index is -4.26. The Hall–Kier alpha value is -1.37. The highest BCUT2D eigenvalue weighted by molar-refractivity contribution is 5.33. The standard InChI is InChI=1S/C14H23F3N4/c1-5-21(9-14(15,16)17)13-19-8-12(11(4)20-13)7-18-6-10(2)3/h8,10,18H,5-7,9H2,1-4H3. The van der Waals surface area contributed by atoms with E-state index in [0.29, 0.717) is 18.2 Å². The molecule has 0 aliphatic heterocycles. The lowest BCUT2D eigenvalue weighted by Gasteiger charge is -2.22. The van der Waals surface area contributed by atoms with Crippen LogP contribution in [0.5, 0.6) is 0 Å². The highest BCUT2D eigenvalue weighted by atomic mass is 19.4. The van der Waals surface area contributed by atoms with Crippen LogP contribution in [0.3, 0.4) is 0 Å². The zero-order valence-corrected chi connectivity index (χ0v) is 13.0. The molecule has 0 unspecified atom stereocenters. The van der Waals surface area contributed by atoms with Gasteiger partial charge in [0.1, 0.15) is 6.54 Å². The molecule has 7 heteroatoms. The van der Waals surface area contributed by atoms with E-state index in [1.54, 1.807) is 20.0 Å². The topological polar surface area (TPSA) is 41.1 Å². The van der Waals surface area contributed by atoms with Crippen molar-refractivity contribution < 1.29 is 13.2 Å². The van der Waals surface area contributed by atoms with Gasteiger partial charge in [-0.15, -0.1) is 0 Å². The van der Waals surface area contributed by atoms with Crippen LogP contribution in [0.15, 0.2) is 6.20 Å². The lowest BCUT2D eigenvalue weighted by Crippen LogP contribution is -2.35. The number of nitrogens with zero attached hydrogens (tertiary/aromatic N) is 3. The lowest BCUT2D eigenvalue weighted by molar-refractivity contribution is -0.119. The third-order valence-electron chi connectivity index (χ3n) is 2.97. The van der Waals surface area contributed by atoms with Crippen molar-refractivity contribution in [2.45, 2.75) is 40.4 Å². The van der Waals surface area contributed by atoms with Crippen molar-refractivity contribution in [1.29, 1.82) is 0 Å². The molecule has 1 rings (SSSR count). The maximum Gasteiger partial charge on any atom is 0.406 e. The first kappa shape index (κ1) is 17.7. The molecule has 0 amide bonds. The first-order valence-corrected chi connectivity index (χ1v) is 7.07. The van der Waals surface area contributed by atoms with Gasteiger partial charge in [-0.3, -0.25) is 0 Å². The first-order chi connectivity index (χ1) is 9.73. The van der Waals surface area contributed by atoms with Gasteiger partial charge in [0.15, 0.2) is 0 Å². The molecule has 0 aliphatic carbocycles. The van der Waals surface area contributed by atoms with E-state index in [2.05, 4.69) is 29.1 Å². The number of alkyl halides is 3. The number of nitrogens with one attached hydrogen (secondary N) is 1. The first-order valence-electron chi connectivity index (χ1n) is 7.07. The van der Waals surface area contributed by atoms with Gasteiger partial charge in [0.2, 0.25) is 5.95 Å². The monoisotopic (exact) mass is 304 g/mol. The Morgan fingerprint density at radius 1 is 1.33 bits per heavy atom. The molecule has 0 atom stereocenters. The fourth-order valence-corrected chi connectivity index (χ4v) is 1.84. The second kappa shape index (κ2) is 7.59. The average molecular weight is 304 g/mol. The summed E-state index contributed by atoms with van der Waals surface area (Å²) in [6, 6.07) is 0. The maximum absolute atomic E-state index is 12.5. The molecule has 1 heterocycles. The molecule has 120 valence electrons. The Morgan fingerprint density at radius 2 is 2.00 bits per heavy atom. The quantitative estimate of drug-likeness (QED) is 0.841. The molecule has 0 radical (unpaired) electrons. The molecule has 0 bridgehead atoms. The van der Waals surface area contributed by atoms with Crippen LogP contribution in [0, 0.1) is 12.8 Å². The Morgan fingerprint density at radius 3 is 2.48 bits per heavy atom. The summed E-state index contributed by atoms with van der Waals surface area (Å²) < 4.78 is 37.5. The van der Waals surface area contributed by atoms with Crippen molar-refractivity contribution in [3.8, 4) is 0 Å². The summed E-state index contributed by atoms with van der Waals surface area (Å²) in [5, 5.41) is 3.27. The summed E-state index contributed by atoms with van der Waals surface area (Å²) in [6.07, 6.45) is -2.66. The summed E-state index contributed by atoms with van der Waals surface area (Å²) in [5.74, 6) is 0.660. The van der Waals surface area contributed by atoms with Crippen LogP contribution < -0.4 is 10.2 Å². The van der Waals surface area contributed by atoms with Crippen molar-refractivity contribution >= 4 is 5.95 Å². The van der Waals surface area contributed by atoms with Crippen LogP contribution in [-0.2, 0) is 6.54 Å². The molecular weight excluding hydrogens is 281 g/mol. The van der Waals surface area contributed by atoms with E-state index in [-0.39, 0.29) is 12.5 Å². The molecule has 4 nitrogen and oxygen atoms in total. The molecular formula is C14H23F3N4. The van der Waals surface area contributed by atoms with Crippen LogP contribution in [0.2, 0.25) is 0 Å². The third kappa shape index (κ3) is 6.29. The van der Waals surface area contributed by atoms with E-state index in [1.165, 1.54) is 0 Å². The number of aryl methyl sites for hydroxylation is 1. The number of aromatic nitrogens is 2. The molecule has 1 aromatic rings. The number of hydrogen-bond donors (Lipinski definition) is 1. The number of halogens is 3. The molecule has 0 saturated carbocycles. The van der Waals surface area contributed by atoms with Gasteiger partial charge in [-0.1, -0.05) is 13.8 Å². The van der Waals surface area contributed by atoms with Gasteiger partial charge in [0.25, 0.3) is 0 Å². The van der Waals surface area contributed by atoms with Gasteiger partial charge in [-0.2, -0.15) is 13.2 Å². The van der Waals surface area contributed by atoms with Gasteiger partial charge in [0.05, 0.1) is 0 Å². The normalized spacial score (nSPS) is 12.0. The minimum Gasteiger partial charge on any atom is -0.332 e. The highest BCUT2D eigenvalue weighted by Crippen LogP contribution is 2.20. The number of anilines is 1. The van der Waals surface area contributed by atoms with Crippen LogP contribution in [-0.4, -0.2) is 35.8 Å². The Bertz CT molecular complexity index is 446. The maximum atomic E-state index is 12.5. The van der Waals surface area contributed by atoms with Crippen molar-refractivity contribution in [3.05, 3.63) is 17.5 Å². The van der Waals surface area contributed by atoms with Crippen LogP contribution in [0.4, 0.5) is 19.1 Å². The second-order valence-electron chi connectivity index (χ2n) is 5.43. The molecule has 0 fully saturated rings. The lowest BCUT2D eigenvalue weighted by atomic mass is 10.2. The number of hydrogen-bond acceptors (Lipinski definition) is 4. The van der Waals surface area contributed by atoms with Crippen LogP contribution in [0.25, 0.3) is 0 Å². The smallest absolute Gasteiger partial charge is 0.332 e. The third-order valence-corrected chi connectivity index (χ3v) is 2.97. The van der Waals surface area contributed by atoms with E-state index in [9.17, 15) is 13.2 Å². The Labute approximate surface area is 123 Å². The fraction of sp³-hybridized carbons (Fsp3) is 0.714. The number of rotatable bonds is 7. The zero-order chi connectivity index (χ0) is 16.0. The van der Waals surface area contributed by atoms with Crippen LogP contribution >= 0.6 is 0 Å². The van der Waals surface area contributed by atoms with Crippen molar-refractivity contribution in [1.82, 2.24) is 15.3 Å². The minimum absolute atomic E-state index is 0.125. The van der Waals surface area contributed by atoms with E-state index >= 15 is 0 Å². The molecule has 0 saturated heterocycles. The van der Waals surface area contributed by atoms with E-state index < -0.39 is 12.7 Å². The summed E-state index contributed by atoms with van der Waals surface area (Å²) in [6.45, 7) is 8.33. The summed E-state index contributed by atoms with van der Waals surface area (Å²) >= 11 is 0. The van der Waals surface area contributed by atoms with E-state index in [1.807, 2.05) is 0 Å². The van der Waals surface area contributed by atoms with Crippen molar-refractivity contribution in [3.63, 3.8) is 0 Å². The van der Waals surface area contributed by atoms with Gasteiger partial charge in [-0.05, 0) is 26.3 Å². The summed E-state index contributed by atoms with van der Waals surface area (Å²) in [5.41, 5.74) is 1.61. The highest BCUT2D eigenvalue weighted by Gasteiger charge is 2.31. The SMILES string of the molecule is CCN(CC(F)(F)F)c1ncc(CNCC(C)C)c(C)n1. The zero-order valence-electron chi connectivity index (χ0n) is 13.0. The van der Waals surface area contributed by atoms with E-state index in [0.717, 1.165) is 17.0 Å². The summed E-state index contributed by atoms with van der Waals surface area (Å²) in [4.78, 5) is 9.39. The molecule has 1 N–H and O–H groups in total. The molecule has 1 aromatic heterocycles. The predicted molar refractivity (Wildman–Crippen MR) is 77.3 cm³/mol. The van der Waals surface area contributed by atoms with Crippen LogP contribution in [0.1, 0.15) is 32.0 Å². The van der Waals surface area contributed by atoms with Crippen molar-refractivity contribution in [2.75, 3.05) is 24.5 Å². The molecule has 21 heavy (non-hydrogen) atoms. The molecule has 0 aromatic carbocycles. The van der Waals surface area contributed by atoms with Crippen molar-refractivity contribution in [2.24, 2.45) is 5.92 Å². The van der Waals surface area contributed by atoms with Gasteiger partial charge in [-0.25, -0.2) is 9.97 Å². The van der Waals surface area contributed by atoms with Gasteiger partial charge >= 0.3 is 6.18 Å². The molecule has 0 aliphatic rings. The Kier molecular flexibility index (Phi) is 6.39. The fourth-order valence-electron chi connectivity index (χ4n) is 1.84. The molecule has 0 spiro atoms. The van der Waals surface area contributed by atoms with E-state index in [4.69, 9.17) is 0 Å². The summed E-state index contributed by atoms with van der Waals surface area (Å²) in [7, 11) is 0. The average Bonchev–Trinajstić information content (AvgIpc) is 2.36. The predicted octanol–water partition coefficient (Wildman–Crippen LogP) is 2.92. The van der Waals surface area contributed by atoms with Gasteiger partial charge in [0, 0.05) is 30.5 Å². The van der Waals surface area contributed by atoms with Gasteiger partial charge < -0.3 is 10.2 Å². The largest absolute Gasteiger partial charge is 0.406 e. The second-order valence-corrected chi connectivity index (χ2v) is 5.43.